The Morgan fingerprint density at radius 2 is 1.88 bits per heavy atom. The highest BCUT2D eigenvalue weighted by molar-refractivity contribution is 6.02. The topological polar surface area (TPSA) is 58.6 Å². The normalized spacial score (nSPS) is 10.1. The summed E-state index contributed by atoms with van der Waals surface area (Å²) in [6.45, 7) is 5.67. The molecule has 0 saturated carbocycles. The van der Waals surface area contributed by atoms with Crippen molar-refractivity contribution in [2.45, 2.75) is 20.8 Å². The number of hydrogen-bond donors (Lipinski definition) is 1. The summed E-state index contributed by atoms with van der Waals surface area (Å²) in [7, 11) is 0. The van der Waals surface area contributed by atoms with Gasteiger partial charge in [-0.2, -0.15) is 0 Å². The first-order chi connectivity index (χ1) is 11.5. The molecule has 0 unspecified atom stereocenters. The number of para-hydroxylation sites is 2. The molecule has 2 aromatic rings. The minimum Gasteiger partial charge on any atom is -0.492 e. The first kappa shape index (κ1) is 17.5. The Bertz CT molecular complexity index is 728. The van der Waals surface area contributed by atoms with Crippen molar-refractivity contribution in [1.29, 1.82) is 0 Å². The Balaban J connectivity index is 2.17. The van der Waals surface area contributed by atoms with Gasteiger partial charge in [0.1, 0.15) is 12.3 Å². The van der Waals surface area contributed by atoms with E-state index in [1.54, 1.807) is 12.1 Å². The van der Waals surface area contributed by atoms with Gasteiger partial charge in [-0.1, -0.05) is 24.3 Å². The van der Waals surface area contributed by atoms with Crippen LogP contribution in [0.2, 0.25) is 0 Å². The maximum atomic E-state index is 12.3. The molecule has 0 spiro atoms. The van der Waals surface area contributed by atoms with Crippen LogP contribution in [0.5, 0.6) is 5.75 Å². The average molecular weight is 326 g/mol. The number of carbonyl (C=O) groups is 2. The predicted molar refractivity (Wildman–Crippen MR) is 95.4 cm³/mol. The van der Waals surface area contributed by atoms with Crippen LogP contribution in [0.4, 0.5) is 11.4 Å². The molecule has 0 bridgehead atoms. The summed E-state index contributed by atoms with van der Waals surface area (Å²) in [6.07, 6.45) is 0. The van der Waals surface area contributed by atoms with Crippen LogP contribution in [-0.2, 0) is 9.59 Å². The van der Waals surface area contributed by atoms with Gasteiger partial charge in [0.05, 0.1) is 12.3 Å². The van der Waals surface area contributed by atoms with E-state index >= 15 is 0 Å². The number of amides is 2. The van der Waals surface area contributed by atoms with Crippen molar-refractivity contribution < 1.29 is 14.3 Å². The lowest BCUT2D eigenvalue weighted by molar-refractivity contribution is -0.120. The summed E-state index contributed by atoms with van der Waals surface area (Å²) in [5.41, 5.74) is 2.35. The van der Waals surface area contributed by atoms with Gasteiger partial charge < -0.3 is 10.1 Å². The number of carbonyl (C=O) groups excluding carboxylic acids is 2. The molecule has 5 nitrogen and oxygen atoms in total. The molecule has 2 amide bonds. The smallest absolute Gasteiger partial charge is 0.244 e. The summed E-state index contributed by atoms with van der Waals surface area (Å²) < 4.78 is 5.56. The van der Waals surface area contributed by atoms with Gasteiger partial charge in [-0.25, -0.2) is 0 Å². The largest absolute Gasteiger partial charge is 0.492 e. The summed E-state index contributed by atoms with van der Waals surface area (Å²) in [6, 6.07) is 14.7. The van der Waals surface area contributed by atoms with E-state index in [4.69, 9.17) is 4.74 Å². The van der Waals surface area contributed by atoms with E-state index in [9.17, 15) is 9.59 Å². The fourth-order valence-corrected chi connectivity index (χ4v) is 2.39. The lowest BCUT2D eigenvalue weighted by atomic mass is 10.2. The van der Waals surface area contributed by atoms with Crippen LogP contribution in [0.3, 0.4) is 0 Å². The van der Waals surface area contributed by atoms with E-state index in [2.05, 4.69) is 5.32 Å². The van der Waals surface area contributed by atoms with Crippen molar-refractivity contribution in [2.75, 3.05) is 23.4 Å². The molecule has 1 N–H and O–H groups in total. The van der Waals surface area contributed by atoms with E-state index < -0.39 is 0 Å². The van der Waals surface area contributed by atoms with E-state index in [0.29, 0.717) is 23.7 Å². The lowest BCUT2D eigenvalue weighted by Gasteiger charge is -2.23. The van der Waals surface area contributed by atoms with E-state index in [0.717, 1.165) is 5.56 Å². The molecule has 24 heavy (non-hydrogen) atoms. The van der Waals surface area contributed by atoms with Crippen LogP contribution in [0.25, 0.3) is 0 Å². The maximum Gasteiger partial charge on any atom is 0.244 e. The fourth-order valence-electron chi connectivity index (χ4n) is 2.39. The predicted octanol–water partition coefficient (Wildman–Crippen LogP) is 3.39. The second-order valence-corrected chi connectivity index (χ2v) is 5.42. The van der Waals surface area contributed by atoms with Crippen molar-refractivity contribution >= 4 is 23.2 Å². The van der Waals surface area contributed by atoms with Crippen LogP contribution in [0, 0.1) is 6.92 Å². The number of nitrogens with zero attached hydrogens (tertiary/aromatic N) is 1. The van der Waals surface area contributed by atoms with Gasteiger partial charge in [0.25, 0.3) is 0 Å². The minimum absolute atomic E-state index is 0.0760. The summed E-state index contributed by atoms with van der Waals surface area (Å²) in [5.74, 6) is 0.0993. The molecular formula is C19H22N2O3. The van der Waals surface area contributed by atoms with Crippen molar-refractivity contribution in [3.05, 3.63) is 54.1 Å². The molecule has 0 aliphatic carbocycles. The van der Waals surface area contributed by atoms with Gasteiger partial charge >= 0.3 is 0 Å². The zero-order chi connectivity index (χ0) is 17.5. The van der Waals surface area contributed by atoms with Gasteiger partial charge in [0, 0.05) is 12.6 Å². The molecule has 0 aromatic heterocycles. The van der Waals surface area contributed by atoms with Gasteiger partial charge in [0.15, 0.2) is 0 Å². The Kier molecular flexibility index (Phi) is 5.95. The SMILES string of the molecule is CCOc1ccccc1N(CC(=O)Nc1cccc(C)c1)C(C)=O. The van der Waals surface area contributed by atoms with Crippen LogP contribution < -0.4 is 15.0 Å². The highest BCUT2D eigenvalue weighted by Gasteiger charge is 2.19. The van der Waals surface area contributed by atoms with Gasteiger partial charge in [-0.05, 0) is 43.7 Å². The number of rotatable bonds is 6. The molecule has 0 radical (unpaired) electrons. The Labute approximate surface area is 142 Å². The molecule has 0 heterocycles. The van der Waals surface area contributed by atoms with E-state index in [1.165, 1.54) is 11.8 Å². The molecule has 5 heteroatoms. The first-order valence-corrected chi connectivity index (χ1v) is 7.87. The number of anilines is 2. The summed E-state index contributed by atoms with van der Waals surface area (Å²) in [5, 5.41) is 2.82. The Morgan fingerprint density at radius 3 is 2.54 bits per heavy atom. The number of ether oxygens (including phenoxy) is 1. The van der Waals surface area contributed by atoms with Crippen molar-refractivity contribution in [2.24, 2.45) is 0 Å². The Hall–Kier alpha value is -2.82. The standard InChI is InChI=1S/C19H22N2O3/c1-4-24-18-11-6-5-10-17(18)21(15(3)22)13-19(23)20-16-9-7-8-14(2)12-16/h5-12H,4,13H2,1-3H3,(H,20,23). The highest BCUT2D eigenvalue weighted by atomic mass is 16.5. The van der Waals surface area contributed by atoms with Crippen molar-refractivity contribution in [3.8, 4) is 5.75 Å². The van der Waals surface area contributed by atoms with Gasteiger partial charge in [0.2, 0.25) is 11.8 Å². The maximum absolute atomic E-state index is 12.3. The quantitative estimate of drug-likeness (QED) is 0.885. The number of benzene rings is 2. The third kappa shape index (κ3) is 4.59. The second-order valence-electron chi connectivity index (χ2n) is 5.42. The molecule has 0 aliphatic heterocycles. The summed E-state index contributed by atoms with van der Waals surface area (Å²) >= 11 is 0. The third-order valence-electron chi connectivity index (χ3n) is 3.44. The molecule has 0 fully saturated rings. The Morgan fingerprint density at radius 1 is 1.12 bits per heavy atom. The van der Waals surface area contributed by atoms with Crippen LogP contribution in [-0.4, -0.2) is 25.0 Å². The average Bonchev–Trinajstić information content (AvgIpc) is 2.53. The second kappa shape index (κ2) is 8.15. The molecule has 0 aliphatic rings. The van der Waals surface area contributed by atoms with Crippen LogP contribution >= 0.6 is 0 Å². The fraction of sp³-hybridized carbons (Fsp3) is 0.263. The third-order valence-corrected chi connectivity index (χ3v) is 3.44. The monoisotopic (exact) mass is 326 g/mol. The highest BCUT2D eigenvalue weighted by Crippen LogP contribution is 2.28. The first-order valence-electron chi connectivity index (χ1n) is 7.87. The number of aryl methyl sites for hydroxylation is 1. The summed E-state index contributed by atoms with van der Waals surface area (Å²) in [4.78, 5) is 25.8. The van der Waals surface area contributed by atoms with Gasteiger partial charge in [-0.15, -0.1) is 0 Å². The van der Waals surface area contributed by atoms with Gasteiger partial charge in [-0.3, -0.25) is 14.5 Å². The molecular weight excluding hydrogens is 304 g/mol. The van der Waals surface area contributed by atoms with E-state index in [1.807, 2.05) is 50.2 Å². The van der Waals surface area contributed by atoms with Crippen molar-refractivity contribution in [3.63, 3.8) is 0 Å². The van der Waals surface area contributed by atoms with E-state index in [-0.39, 0.29) is 18.4 Å². The van der Waals surface area contributed by atoms with Crippen LogP contribution in [0.1, 0.15) is 19.4 Å². The van der Waals surface area contributed by atoms with Crippen LogP contribution in [0.15, 0.2) is 48.5 Å². The molecule has 126 valence electrons. The molecule has 0 saturated heterocycles. The minimum atomic E-state index is -0.262. The van der Waals surface area contributed by atoms with Crippen molar-refractivity contribution in [1.82, 2.24) is 0 Å². The molecule has 0 atom stereocenters. The molecule has 2 rings (SSSR count). The zero-order valence-corrected chi connectivity index (χ0v) is 14.2. The number of hydrogen-bond acceptors (Lipinski definition) is 3. The number of nitrogens with one attached hydrogen (secondary N) is 1. The lowest BCUT2D eigenvalue weighted by Crippen LogP contribution is -2.37. The molecule has 2 aromatic carbocycles. The zero-order valence-electron chi connectivity index (χ0n) is 14.2.